The molecule has 1 aromatic rings. The molecule has 1 aliphatic heterocycles. The van der Waals surface area contributed by atoms with E-state index in [0.29, 0.717) is 13.2 Å². The molecule has 1 aromatic carbocycles. The molecule has 1 fully saturated rings. The van der Waals surface area contributed by atoms with Gasteiger partial charge in [-0.05, 0) is 24.3 Å². The minimum absolute atomic E-state index is 0.380. The second-order valence-electron chi connectivity index (χ2n) is 3.38. The molecule has 0 N–H and O–H groups in total. The summed E-state index contributed by atoms with van der Waals surface area (Å²) in [7, 11) is 1.64. The van der Waals surface area contributed by atoms with Gasteiger partial charge in [0.1, 0.15) is 5.75 Å². The second kappa shape index (κ2) is 4.13. The predicted octanol–water partition coefficient (Wildman–Crippen LogP) is 2.08. The third-order valence-corrected chi connectivity index (χ3v) is 3.47. The van der Waals surface area contributed by atoms with Crippen molar-refractivity contribution in [3.05, 3.63) is 24.3 Å². The van der Waals surface area contributed by atoms with E-state index in [1.165, 1.54) is 0 Å². The summed E-state index contributed by atoms with van der Waals surface area (Å²) in [6, 6.07) is 10.0. The van der Waals surface area contributed by atoms with Crippen molar-refractivity contribution < 1.29 is 9.47 Å². The largest absolute Gasteiger partial charge is 0.497 e. The average Bonchev–Trinajstić information content (AvgIpc) is 2.24. The maximum Gasteiger partial charge on any atom is 0.153 e. The Hall–Kier alpha value is -1.18. The first kappa shape index (κ1) is 10.3. The first-order valence-corrected chi connectivity index (χ1v) is 5.42. The Kier molecular flexibility index (Phi) is 2.85. The molecule has 0 radical (unpaired) electrons. The van der Waals surface area contributed by atoms with Gasteiger partial charge in [0.2, 0.25) is 0 Å². The van der Waals surface area contributed by atoms with E-state index in [0.717, 1.165) is 10.6 Å². The number of nitriles is 1. The summed E-state index contributed by atoms with van der Waals surface area (Å²) in [4.78, 5) is 1.07. The topological polar surface area (TPSA) is 42.2 Å². The lowest BCUT2D eigenvalue weighted by Gasteiger charge is -2.34. The number of benzene rings is 1. The van der Waals surface area contributed by atoms with Gasteiger partial charge in [-0.2, -0.15) is 5.26 Å². The molecular weight excluding hydrogens is 210 g/mol. The molecule has 4 heteroatoms. The van der Waals surface area contributed by atoms with Crippen LogP contribution in [0.1, 0.15) is 0 Å². The van der Waals surface area contributed by atoms with Crippen LogP contribution in [0.4, 0.5) is 0 Å². The fraction of sp³-hybridized carbons (Fsp3) is 0.364. The lowest BCUT2D eigenvalue weighted by atomic mass is 10.1. The summed E-state index contributed by atoms with van der Waals surface area (Å²) in [6.45, 7) is 1.03. The summed E-state index contributed by atoms with van der Waals surface area (Å²) in [5.41, 5.74) is 0. The van der Waals surface area contributed by atoms with Crippen LogP contribution in [0.3, 0.4) is 0 Å². The number of rotatable bonds is 3. The van der Waals surface area contributed by atoms with E-state index in [-0.39, 0.29) is 4.75 Å². The Bertz CT molecular complexity index is 379. The van der Waals surface area contributed by atoms with Crippen molar-refractivity contribution in [3.8, 4) is 11.8 Å². The van der Waals surface area contributed by atoms with E-state index in [4.69, 9.17) is 14.7 Å². The van der Waals surface area contributed by atoms with Gasteiger partial charge in [0.15, 0.2) is 4.75 Å². The minimum Gasteiger partial charge on any atom is -0.497 e. The molecule has 0 amide bonds. The van der Waals surface area contributed by atoms with Gasteiger partial charge in [0, 0.05) is 4.90 Å². The molecule has 0 atom stereocenters. The van der Waals surface area contributed by atoms with Gasteiger partial charge < -0.3 is 9.47 Å². The summed E-state index contributed by atoms with van der Waals surface area (Å²) >= 11 is 1.56. The number of hydrogen-bond acceptors (Lipinski definition) is 4. The second-order valence-corrected chi connectivity index (χ2v) is 4.83. The third kappa shape index (κ3) is 2.09. The molecule has 0 aliphatic carbocycles. The Morgan fingerprint density at radius 1 is 1.40 bits per heavy atom. The SMILES string of the molecule is COc1ccc(SC2(C#N)COC2)cc1. The number of nitrogens with zero attached hydrogens (tertiary/aromatic N) is 1. The smallest absolute Gasteiger partial charge is 0.153 e. The van der Waals surface area contributed by atoms with Crippen LogP contribution < -0.4 is 4.74 Å². The van der Waals surface area contributed by atoms with Crippen molar-refractivity contribution in [1.82, 2.24) is 0 Å². The first-order chi connectivity index (χ1) is 7.28. The molecule has 2 rings (SSSR count). The van der Waals surface area contributed by atoms with Crippen LogP contribution in [0.2, 0.25) is 0 Å². The molecule has 1 saturated heterocycles. The monoisotopic (exact) mass is 221 g/mol. The fourth-order valence-electron chi connectivity index (χ4n) is 1.30. The van der Waals surface area contributed by atoms with Crippen molar-refractivity contribution in [1.29, 1.82) is 5.26 Å². The first-order valence-electron chi connectivity index (χ1n) is 4.60. The van der Waals surface area contributed by atoms with E-state index >= 15 is 0 Å². The third-order valence-electron chi connectivity index (χ3n) is 2.25. The van der Waals surface area contributed by atoms with Crippen LogP contribution in [-0.2, 0) is 4.74 Å². The Balaban J connectivity index is 2.08. The van der Waals surface area contributed by atoms with E-state index in [1.807, 2.05) is 24.3 Å². The van der Waals surface area contributed by atoms with Crippen LogP contribution in [0, 0.1) is 11.3 Å². The van der Waals surface area contributed by atoms with Gasteiger partial charge in [0.05, 0.1) is 26.4 Å². The summed E-state index contributed by atoms with van der Waals surface area (Å²) in [5.74, 6) is 0.829. The van der Waals surface area contributed by atoms with Gasteiger partial charge in [-0.25, -0.2) is 0 Å². The summed E-state index contributed by atoms with van der Waals surface area (Å²) < 4.78 is 9.76. The average molecular weight is 221 g/mol. The van der Waals surface area contributed by atoms with Crippen molar-refractivity contribution >= 4 is 11.8 Å². The molecule has 1 heterocycles. The molecule has 78 valence electrons. The molecule has 0 aromatic heterocycles. The zero-order chi connectivity index (χ0) is 10.7. The van der Waals surface area contributed by atoms with Crippen molar-refractivity contribution in [2.45, 2.75) is 9.64 Å². The van der Waals surface area contributed by atoms with Gasteiger partial charge in [0.25, 0.3) is 0 Å². The number of hydrogen-bond donors (Lipinski definition) is 0. The quantitative estimate of drug-likeness (QED) is 0.783. The Labute approximate surface area is 93.0 Å². The van der Waals surface area contributed by atoms with Crippen molar-refractivity contribution in [3.63, 3.8) is 0 Å². The highest BCUT2D eigenvalue weighted by Crippen LogP contribution is 2.38. The maximum atomic E-state index is 9.02. The van der Waals surface area contributed by atoms with Crippen LogP contribution in [0.15, 0.2) is 29.2 Å². The highest BCUT2D eigenvalue weighted by Gasteiger charge is 2.40. The van der Waals surface area contributed by atoms with Crippen LogP contribution in [-0.4, -0.2) is 25.1 Å². The van der Waals surface area contributed by atoms with Crippen LogP contribution in [0.25, 0.3) is 0 Å². The molecule has 0 bridgehead atoms. The van der Waals surface area contributed by atoms with E-state index < -0.39 is 0 Å². The van der Waals surface area contributed by atoms with E-state index in [2.05, 4.69) is 6.07 Å². The minimum atomic E-state index is -0.380. The molecule has 0 unspecified atom stereocenters. The standard InChI is InChI=1S/C11H11NO2S/c1-13-9-2-4-10(5-3-9)15-11(6-12)7-14-8-11/h2-5H,7-8H2,1H3. The highest BCUT2D eigenvalue weighted by atomic mass is 32.2. The lowest BCUT2D eigenvalue weighted by Crippen LogP contribution is -2.45. The zero-order valence-corrected chi connectivity index (χ0v) is 9.21. The number of thioether (sulfide) groups is 1. The van der Waals surface area contributed by atoms with E-state index in [1.54, 1.807) is 18.9 Å². The van der Waals surface area contributed by atoms with Gasteiger partial charge >= 0.3 is 0 Å². The normalized spacial score (nSPS) is 17.6. The highest BCUT2D eigenvalue weighted by molar-refractivity contribution is 8.01. The van der Waals surface area contributed by atoms with Crippen LogP contribution >= 0.6 is 11.8 Å². The Morgan fingerprint density at radius 2 is 2.07 bits per heavy atom. The number of ether oxygens (including phenoxy) is 2. The molecule has 0 spiro atoms. The fourth-order valence-corrected chi connectivity index (χ4v) is 2.36. The maximum absolute atomic E-state index is 9.02. The molecule has 15 heavy (non-hydrogen) atoms. The molecule has 0 saturated carbocycles. The predicted molar refractivity (Wildman–Crippen MR) is 58.0 cm³/mol. The molecule has 1 aliphatic rings. The van der Waals surface area contributed by atoms with Crippen molar-refractivity contribution in [2.75, 3.05) is 20.3 Å². The lowest BCUT2D eigenvalue weighted by molar-refractivity contribution is 0.0161. The summed E-state index contributed by atoms with van der Waals surface area (Å²) in [5, 5.41) is 9.02. The zero-order valence-electron chi connectivity index (χ0n) is 8.40. The molecule has 3 nitrogen and oxygen atoms in total. The van der Waals surface area contributed by atoms with Crippen molar-refractivity contribution in [2.24, 2.45) is 0 Å². The number of methoxy groups -OCH3 is 1. The van der Waals surface area contributed by atoms with Gasteiger partial charge in [-0.15, -0.1) is 0 Å². The molecular formula is C11H11NO2S. The van der Waals surface area contributed by atoms with E-state index in [9.17, 15) is 0 Å². The Morgan fingerprint density at radius 3 is 2.47 bits per heavy atom. The van der Waals surface area contributed by atoms with Gasteiger partial charge in [-0.1, -0.05) is 11.8 Å². The van der Waals surface area contributed by atoms with Gasteiger partial charge in [-0.3, -0.25) is 0 Å². The van der Waals surface area contributed by atoms with Crippen LogP contribution in [0.5, 0.6) is 5.75 Å². The summed E-state index contributed by atoms with van der Waals surface area (Å²) in [6.07, 6.45) is 0.